The van der Waals surface area contributed by atoms with Crippen LogP contribution in [-0.2, 0) is 0 Å². The lowest BCUT2D eigenvalue weighted by Crippen LogP contribution is -2.66. The van der Waals surface area contributed by atoms with Gasteiger partial charge in [-0.25, -0.2) is 0 Å². The summed E-state index contributed by atoms with van der Waals surface area (Å²) in [6.07, 6.45) is 25.4. The van der Waals surface area contributed by atoms with Gasteiger partial charge in [0.2, 0.25) is 0 Å². The van der Waals surface area contributed by atoms with E-state index in [0.29, 0.717) is 29.5 Å². The summed E-state index contributed by atoms with van der Waals surface area (Å²) in [4.78, 5) is 2.90. The predicted octanol–water partition coefficient (Wildman–Crippen LogP) is 9.35. The molecule has 4 fully saturated rings. The summed E-state index contributed by atoms with van der Waals surface area (Å²) in [7, 11) is 0. The van der Waals surface area contributed by atoms with E-state index < -0.39 is 0 Å². The highest BCUT2D eigenvalue weighted by Gasteiger charge is 2.69. The van der Waals surface area contributed by atoms with E-state index in [-0.39, 0.29) is 0 Å². The molecule has 3 heterocycles. The molecule has 2 saturated carbocycles. The number of rotatable bonds is 14. The lowest BCUT2D eigenvalue weighted by molar-refractivity contribution is -0.178. The molecule has 2 saturated heterocycles. The maximum absolute atomic E-state index is 5.09. The Bertz CT molecular complexity index is 861. The van der Waals surface area contributed by atoms with Gasteiger partial charge in [-0.3, -0.25) is 4.90 Å². The molecule has 0 amide bonds. The van der Waals surface area contributed by atoms with Gasteiger partial charge in [0, 0.05) is 11.9 Å². The van der Waals surface area contributed by atoms with Crippen LogP contribution in [0.5, 0.6) is 0 Å². The highest BCUT2D eigenvalue weighted by atomic mass is 32.1. The third-order valence-corrected chi connectivity index (χ3v) is 15.2. The lowest BCUT2D eigenvalue weighted by Gasteiger charge is -2.67. The van der Waals surface area contributed by atoms with Crippen molar-refractivity contribution in [2.24, 2.45) is 46.3 Å². The van der Waals surface area contributed by atoms with Crippen LogP contribution < -0.4 is 0 Å². The summed E-state index contributed by atoms with van der Waals surface area (Å²) >= 11 is 19.8. The quantitative estimate of drug-likeness (QED) is 0.110. The zero-order valence-corrected chi connectivity index (χ0v) is 30.0. The highest BCUT2D eigenvalue weighted by molar-refractivity contribution is 7.82. The zero-order chi connectivity index (χ0) is 29.0. The second-order valence-electron chi connectivity index (χ2n) is 15.3. The van der Waals surface area contributed by atoms with Gasteiger partial charge in [-0.05, 0) is 115 Å². The third kappa shape index (κ3) is 6.19. The summed E-state index contributed by atoms with van der Waals surface area (Å²) in [6, 6.07) is 0.669. The Labute approximate surface area is 277 Å². The average Bonchev–Trinajstić information content (AvgIpc) is 3.82. The summed E-state index contributed by atoms with van der Waals surface area (Å²) in [6.45, 7) is 7.74. The summed E-state index contributed by atoms with van der Waals surface area (Å²) < 4.78 is 0. The average molecular weight is 634 g/mol. The molecule has 9 atom stereocenters. The number of hydrogen-bond acceptors (Lipinski definition) is 5. The fraction of sp³-hybridized carbons (Fsp3) is 0.941. The second-order valence-corrected chi connectivity index (χ2v) is 16.8. The highest BCUT2D eigenvalue weighted by Crippen LogP contribution is 2.73. The Kier molecular flexibility index (Phi) is 12.5. The van der Waals surface area contributed by atoms with E-state index in [2.05, 4.69) is 30.8 Å². The van der Waals surface area contributed by atoms with Crippen molar-refractivity contribution in [1.29, 1.82) is 0 Å². The van der Waals surface area contributed by atoms with Gasteiger partial charge in [-0.1, -0.05) is 77.4 Å². The number of unbranched alkanes of at least 4 members (excludes halogenated alkanes) is 1. The van der Waals surface area contributed by atoms with Crippen molar-refractivity contribution in [3.8, 4) is 0 Å². The predicted molar refractivity (Wildman–Crippen MR) is 198 cm³/mol. The first-order valence-electron chi connectivity index (χ1n) is 17.9. The molecule has 1 nitrogen and oxygen atoms in total. The first-order valence-corrected chi connectivity index (χ1v) is 20.4. The smallest absolute Gasteiger partial charge is 0.176 e. The Hall–Kier alpha value is 1.23. The van der Waals surface area contributed by atoms with Crippen LogP contribution in [0, 0.1) is 46.3 Å². The van der Waals surface area contributed by atoms with Crippen molar-refractivity contribution in [1.82, 2.24) is 4.90 Å². The van der Waals surface area contributed by atoms with Crippen LogP contribution in [0.15, 0.2) is 12.1 Å². The van der Waals surface area contributed by atoms with Gasteiger partial charge in [0.25, 0.3) is 0 Å². The largest absolute Gasteiger partial charge is 0.291 e. The fourth-order valence-electron chi connectivity index (χ4n) is 12.3. The molecule has 0 spiro atoms. The number of hydrogen-bond donors (Lipinski definition) is 4. The van der Waals surface area contributed by atoms with Crippen molar-refractivity contribution in [2.45, 2.75) is 122 Å². The molecule has 0 aromatic rings. The fourth-order valence-corrected chi connectivity index (χ4v) is 13.6. The van der Waals surface area contributed by atoms with Crippen molar-refractivity contribution < 1.29 is 0 Å². The van der Waals surface area contributed by atoms with Gasteiger partial charge in [-0.2, -0.15) is 50.5 Å². The van der Waals surface area contributed by atoms with Crippen LogP contribution in [0.25, 0.3) is 0 Å². The molecule has 5 aliphatic rings. The van der Waals surface area contributed by atoms with Gasteiger partial charge in [0.1, 0.15) is 0 Å². The van der Waals surface area contributed by atoms with Gasteiger partial charge in [0.15, 0.2) is 13.4 Å². The molecule has 3 aliphatic heterocycles. The maximum Gasteiger partial charge on any atom is 0.176 e. The molecule has 9 unspecified atom stereocenters. The van der Waals surface area contributed by atoms with E-state index in [1.807, 2.05) is 0 Å². The van der Waals surface area contributed by atoms with E-state index >= 15 is 0 Å². The summed E-state index contributed by atoms with van der Waals surface area (Å²) in [5.74, 6) is 9.57. The van der Waals surface area contributed by atoms with Crippen LogP contribution in [0.4, 0.5) is 0 Å². The minimum Gasteiger partial charge on any atom is -0.291 e. The first kappa shape index (κ1) is 33.6. The maximum atomic E-state index is 5.09. The van der Waals surface area contributed by atoms with Crippen LogP contribution in [-0.4, -0.2) is 53.8 Å². The van der Waals surface area contributed by atoms with Crippen molar-refractivity contribution in [3.05, 3.63) is 12.1 Å². The first-order chi connectivity index (χ1) is 20.0. The van der Waals surface area contributed by atoms with Crippen molar-refractivity contribution in [3.63, 3.8) is 0 Å². The molecule has 0 aromatic heterocycles. The van der Waals surface area contributed by atoms with Gasteiger partial charge < -0.3 is 0 Å². The minimum atomic E-state index is 0.325. The molecule has 41 heavy (non-hydrogen) atoms. The normalized spacial score (nSPS) is 37.4. The van der Waals surface area contributed by atoms with Gasteiger partial charge >= 0.3 is 0 Å². The summed E-state index contributed by atoms with van der Waals surface area (Å²) in [5, 5.41) is 0. The topological polar surface area (TPSA) is 3.24 Å². The monoisotopic (exact) mass is 633 g/mol. The number of allylic oxidation sites excluding steroid dienone is 1. The molecular weight excluding hydrogens is 572 g/mol. The number of nitrogens with zero attached hydrogens (tertiary/aromatic N) is 1. The SMILES string of the molecule is CCCCC(C1CCC(C)C1)(C1CCCC1CCS)C(C1C=CB(CS)C1)(C1CCB(CS)C1)C1CCCN1CS. The van der Waals surface area contributed by atoms with E-state index in [9.17, 15) is 0 Å². The van der Waals surface area contributed by atoms with Gasteiger partial charge in [0.05, 0.1) is 0 Å². The molecule has 0 bridgehead atoms. The van der Waals surface area contributed by atoms with E-state index in [4.69, 9.17) is 50.5 Å². The molecule has 0 N–H and O–H groups in total. The lowest BCUT2D eigenvalue weighted by atomic mass is 9.36. The Morgan fingerprint density at radius 1 is 0.927 bits per heavy atom. The third-order valence-electron chi connectivity index (χ3n) is 13.6. The van der Waals surface area contributed by atoms with E-state index in [1.54, 1.807) is 0 Å². The van der Waals surface area contributed by atoms with E-state index in [0.717, 1.165) is 59.2 Å². The van der Waals surface area contributed by atoms with Gasteiger partial charge in [-0.15, -0.1) is 5.98 Å². The van der Waals surface area contributed by atoms with E-state index in [1.165, 1.54) is 109 Å². The molecule has 0 aromatic carbocycles. The molecule has 232 valence electrons. The van der Waals surface area contributed by atoms with Crippen LogP contribution in [0.2, 0.25) is 19.0 Å². The number of likely N-dealkylation sites (tertiary alicyclic amines) is 1. The molecule has 7 heteroatoms. The Morgan fingerprint density at radius 2 is 1.78 bits per heavy atom. The zero-order valence-electron chi connectivity index (χ0n) is 26.4. The molecular formula is C34H61B2NS4. The molecule has 5 rings (SSSR count). The van der Waals surface area contributed by atoms with Crippen LogP contribution in [0.1, 0.15) is 97.3 Å². The molecule has 0 radical (unpaired) electrons. The second kappa shape index (κ2) is 15.2. The number of thiol groups is 4. The summed E-state index contributed by atoms with van der Waals surface area (Å²) in [5.41, 5.74) is 2.81. The Balaban J connectivity index is 1.80. The standard InChI is InChI=1S/C34H61B2NS4/c1-3-4-15-33(28-11-10-26(2)20-28,31-8-5-7-27(31)14-19-38)34(29-12-16-35(21-29)23-39,30-13-17-36(22-30)24-40)32-9-6-18-37(32)25-41/h12,16,26-32,38-41H,3-11,13-15,17-25H2,1-2H3. The van der Waals surface area contributed by atoms with Crippen LogP contribution >= 0.6 is 50.5 Å². The van der Waals surface area contributed by atoms with Crippen LogP contribution in [0.3, 0.4) is 0 Å². The van der Waals surface area contributed by atoms with Crippen molar-refractivity contribution in [2.75, 3.05) is 29.5 Å². The molecule has 2 aliphatic carbocycles. The minimum absolute atomic E-state index is 0.325. The Morgan fingerprint density at radius 3 is 2.41 bits per heavy atom. The van der Waals surface area contributed by atoms with Crippen molar-refractivity contribution >= 4 is 63.9 Å².